The first-order chi connectivity index (χ1) is 22.8. The molecule has 0 saturated heterocycles. The van der Waals surface area contributed by atoms with Gasteiger partial charge in [0, 0.05) is 28.5 Å². The maximum absolute atomic E-state index is 5.21. The van der Waals surface area contributed by atoms with Gasteiger partial charge in [-0.3, -0.25) is 4.98 Å². The van der Waals surface area contributed by atoms with E-state index in [2.05, 4.69) is 132 Å². The lowest BCUT2D eigenvalue weighted by Crippen LogP contribution is -2.14. The van der Waals surface area contributed by atoms with Crippen molar-refractivity contribution < 1.29 is 0 Å². The number of allylic oxidation sites excluding steroid dienone is 11. The molecule has 0 radical (unpaired) electrons. The van der Waals surface area contributed by atoms with Crippen molar-refractivity contribution >= 4 is 44.5 Å². The van der Waals surface area contributed by atoms with Gasteiger partial charge in [0.05, 0.1) is 34.1 Å². The summed E-state index contributed by atoms with van der Waals surface area (Å²) >= 11 is 0. The fraction of sp³-hybridized carbons (Fsp3) is 0.119. The fourth-order valence-electron chi connectivity index (χ4n) is 7.41. The summed E-state index contributed by atoms with van der Waals surface area (Å²) in [6, 6.07) is 23.4. The number of aromatic nitrogens is 4. The molecule has 220 valence electrons. The molecule has 0 N–H and O–H groups in total. The van der Waals surface area contributed by atoms with E-state index in [9.17, 15) is 0 Å². The van der Waals surface area contributed by atoms with E-state index in [1.165, 1.54) is 44.6 Å². The van der Waals surface area contributed by atoms with Crippen LogP contribution < -0.4 is 0 Å². The summed E-state index contributed by atoms with van der Waals surface area (Å²) in [5, 5.41) is 7.36. The quantitative estimate of drug-likeness (QED) is 0.191. The lowest BCUT2D eigenvalue weighted by molar-refractivity contribution is 0.807. The summed E-state index contributed by atoms with van der Waals surface area (Å²) in [5.74, 6) is 0.162. The summed E-state index contributed by atoms with van der Waals surface area (Å²) in [5.41, 5.74) is 14.2. The van der Waals surface area contributed by atoms with Crippen LogP contribution in [0.25, 0.3) is 55.7 Å². The van der Waals surface area contributed by atoms with Gasteiger partial charge in [-0.15, -0.1) is 0 Å². The smallest absolute Gasteiger partial charge is 0.0972 e. The Balaban J connectivity index is 1.28. The van der Waals surface area contributed by atoms with Crippen LogP contribution in [0.1, 0.15) is 53.3 Å². The van der Waals surface area contributed by atoms with Crippen LogP contribution in [0.2, 0.25) is 0 Å². The average molecular weight is 593 g/mol. The predicted molar refractivity (Wildman–Crippen MR) is 190 cm³/mol. The molecule has 46 heavy (non-hydrogen) atoms. The minimum absolute atomic E-state index is 0.162. The number of hydrogen-bond acceptors (Lipinski definition) is 3. The highest BCUT2D eigenvalue weighted by atomic mass is 15.2. The second-order valence-corrected chi connectivity index (χ2v) is 12.3. The van der Waals surface area contributed by atoms with Crippen LogP contribution >= 0.6 is 0 Å². The fourth-order valence-corrected chi connectivity index (χ4v) is 7.41. The normalized spacial score (nSPS) is 17.3. The average Bonchev–Trinajstić information content (AvgIpc) is 3.42. The van der Waals surface area contributed by atoms with E-state index in [1.54, 1.807) is 0 Å². The Labute approximate surface area is 268 Å². The third-order valence-electron chi connectivity index (χ3n) is 9.54. The molecule has 1 atom stereocenters. The molecule has 0 amide bonds. The van der Waals surface area contributed by atoms with Crippen LogP contribution in [0.3, 0.4) is 0 Å². The van der Waals surface area contributed by atoms with Crippen molar-refractivity contribution in [3.05, 3.63) is 162 Å². The zero-order chi connectivity index (χ0) is 30.5. The molecule has 0 saturated carbocycles. The Morgan fingerprint density at radius 1 is 0.783 bits per heavy atom. The van der Waals surface area contributed by atoms with E-state index < -0.39 is 0 Å². The second kappa shape index (κ2) is 11.1. The van der Waals surface area contributed by atoms with Crippen LogP contribution in [0.5, 0.6) is 0 Å². The van der Waals surface area contributed by atoms with Crippen LogP contribution in [0.15, 0.2) is 134 Å². The Morgan fingerprint density at radius 3 is 2.57 bits per heavy atom. The van der Waals surface area contributed by atoms with E-state index in [-0.39, 0.29) is 5.92 Å². The van der Waals surface area contributed by atoms with Gasteiger partial charge in [-0.05, 0) is 71.2 Å². The molecule has 9 rings (SSSR count). The molecular weight excluding hydrogens is 560 g/mol. The summed E-state index contributed by atoms with van der Waals surface area (Å²) in [6.07, 6.45) is 30.5. The van der Waals surface area contributed by atoms with Crippen LogP contribution in [0.4, 0.5) is 0 Å². The zero-order valence-electron chi connectivity index (χ0n) is 25.5. The summed E-state index contributed by atoms with van der Waals surface area (Å²) in [7, 11) is 0. The van der Waals surface area contributed by atoms with Crippen molar-refractivity contribution in [2.45, 2.75) is 31.6 Å². The molecule has 2 aromatic carbocycles. The third kappa shape index (κ3) is 4.40. The maximum Gasteiger partial charge on any atom is 0.0972 e. The van der Waals surface area contributed by atoms with Gasteiger partial charge in [-0.1, -0.05) is 115 Å². The standard InChI is InChI=1S/C42H32N4/c1-4-12-28(13-5-1)36-27-44-46-41(31-14-6-2-7-15-31)38(34-19-8-3-9-20-35(34)42(36)46)33-17-10-16-32(26-33)37-24-23-30-22-21-29-18-11-25-43-39(29)40(30)45-37/h1-6,8-14,16,18-19,21-27,33H,7,15,17,20H2. The number of nitrogens with zero attached hydrogens (tertiary/aromatic N) is 4. The zero-order valence-corrected chi connectivity index (χ0v) is 25.5. The SMILES string of the molecule is C1=CCCC(c2c(C3C=C(c4ccc5ccc6cccnc6c5n4)C=CC3)c3c(c4c(-c5ccccc5)cnn24)CC=CC=C3)=C1. The molecule has 0 aliphatic heterocycles. The molecule has 6 aromatic rings. The number of pyridine rings is 3. The highest BCUT2D eigenvalue weighted by Crippen LogP contribution is 2.44. The Bertz CT molecular complexity index is 2360. The molecular formula is C42H32N4. The highest BCUT2D eigenvalue weighted by molar-refractivity contribution is 6.03. The first kappa shape index (κ1) is 26.8. The molecule has 4 nitrogen and oxygen atoms in total. The van der Waals surface area contributed by atoms with Gasteiger partial charge in [0.25, 0.3) is 0 Å². The molecule has 0 bridgehead atoms. The number of rotatable bonds is 4. The van der Waals surface area contributed by atoms with E-state index >= 15 is 0 Å². The Hall–Kier alpha value is -5.61. The van der Waals surface area contributed by atoms with Crippen molar-refractivity contribution in [3.63, 3.8) is 0 Å². The van der Waals surface area contributed by atoms with Gasteiger partial charge in [-0.25, -0.2) is 9.50 Å². The lowest BCUT2D eigenvalue weighted by Gasteiger charge is -2.27. The number of fused-ring (bicyclic) bond motifs is 6. The summed E-state index contributed by atoms with van der Waals surface area (Å²) in [4.78, 5) is 9.91. The summed E-state index contributed by atoms with van der Waals surface area (Å²) in [6.45, 7) is 0. The Kier molecular flexibility index (Phi) is 6.45. The van der Waals surface area contributed by atoms with Crippen LogP contribution in [-0.2, 0) is 6.42 Å². The third-order valence-corrected chi connectivity index (χ3v) is 9.54. The van der Waals surface area contributed by atoms with Crippen molar-refractivity contribution in [1.82, 2.24) is 19.6 Å². The van der Waals surface area contributed by atoms with Crippen LogP contribution in [-0.4, -0.2) is 19.6 Å². The predicted octanol–water partition coefficient (Wildman–Crippen LogP) is 10.1. The van der Waals surface area contributed by atoms with E-state index in [4.69, 9.17) is 15.1 Å². The van der Waals surface area contributed by atoms with E-state index in [1.807, 2.05) is 12.3 Å². The van der Waals surface area contributed by atoms with Crippen molar-refractivity contribution in [3.8, 4) is 11.1 Å². The molecule has 1 unspecified atom stereocenters. The first-order valence-electron chi connectivity index (χ1n) is 16.2. The highest BCUT2D eigenvalue weighted by Gasteiger charge is 2.29. The molecule has 3 aliphatic rings. The Morgan fingerprint density at radius 2 is 1.67 bits per heavy atom. The number of benzene rings is 2. The van der Waals surface area contributed by atoms with Gasteiger partial charge in [0.1, 0.15) is 0 Å². The molecule has 0 spiro atoms. The van der Waals surface area contributed by atoms with Crippen molar-refractivity contribution in [2.75, 3.05) is 0 Å². The minimum Gasteiger partial charge on any atom is -0.254 e. The van der Waals surface area contributed by atoms with E-state index in [0.717, 1.165) is 58.8 Å². The van der Waals surface area contributed by atoms with Gasteiger partial charge >= 0.3 is 0 Å². The molecule has 4 heteroatoms. The van der Waals surface area contributed by atoms with Gasteiger partial charge in [-0.2, -0.15) is 5.10 Å². The molecule has 0 fully saturated rings. The largest absolute Gasteiger partial charge is 0.254 e. The van der Waals surface area contributed by atoms with Gasteiger partial charge in [0.2, 0.25) is 0 Å². The summed E-state index contributed by atoms with van der Waals surface area (Å²) < 4.78 is 2.26. The molecule has 4 heterocycles. The first-order valence-corrected chi connectivity index (χ1v) is 16.2. The van der Waals surface area contributed by atoms with Crippen molar-refractivity contribution in [1.29, 1.82) is 0 Å². The van der Waals surface area contributed by atoms with Gasteiger partial charge < -0.3 is 0 Å². The van der Waals surface area contributed by atoms with Gasteiger partial charge in [0.15, 0.2) is 0 Å². The molecule has 4 aromatic heterocycles. The monoisotopic (exact) mass is 592 g/mol. The van der Waals surface area contributed by atoms with E-state index in [0.29, 0.717) is 0 Å². The maximum atomic E-state index is 5.21. The van der Waals surface area contributed by atoms with Crippen molar-refractivity contribution in [2.24, 2.45) is 0 Å². The lowest BCUT2D eigenvalue weighted by atomic mass is 9.80. The van der Waals surface area contributed by atoms with Crippen LogP contribution in [0, 0.1) is 0 Å². The second-order valence-electron chi connectivity index (χ2n) is 12.3. The topological polar surface area (TPSA) is 43.1 Å². The minimum atomic E-state index is 0.162. The number of hydrogen-bond donors (Lipinski definition) is 0. The molecule has 3 aliphatic carbocycles.